The predicted octanol–water partition coefficient (Wildman–Crippen LogP) is 2.15. The van der Waals surface area contributed by atoms with Gasteiger partial charge in [-0.3, -0.25) is 4.68 Å². The van der Waals surface area contributed by atoms with Crippen molar-refractivity contribution in [2.24, 2.45) is 24.8 Å². The van der Waals surface area contributed by atoms with Crippen molar-refractivity contribution in [3.8, 4) is 0 Å². The summed E-state index contributed by atoms with van der Waals surface area (Å²) >= 11 is 0. The van der Waals surface area contributed by atoms with E-state index in [1.807, 2.05) is 19.4 Å². The van der Waals surface area contributed by atoms with Crippen molar-refractivity contribution in [3.63, 3.8) is 0 Å². The minimum Gasteiger partial charge on any atom is -0.393 e. The molecule has 4 atom stereocenters. The van der Waals surface area contributed by atoms with Gasteiger partial charge < -0.3 is 5.11 Å². The first-order valence-electron chi connectivity index (χ1n) is 6.86. The molecule has 0 saturated heterocycles. The van der Waals surface area contributed by atoms with E-state index >= 15 is 0 Å². The number of aliphatic hydroxyl groups is 1. The van der Waals surface area contributed by atoms with Crippen LogP contribution in [-0.2, 0) is 13.5 Å². The molecule has 0 aromatic carbocycles. The monoisotopic (exact) mass is 234 g/mol. The van der Waals surface area contributed by atoms with Gasteiger partial charge in [0, 0.05) is 19.7 Å². The van der Waals surface area contributed by atoms with Crippen molar-refractivity contribution < 1.29 is 5.11 Å². The van der Waals surface area contributed by atoms with E-state index in [9.17, 15) is 5.11 Å². The van der Waals surface area contributed by atoms with Gasteiger partial charge in [-0.05, 0) is 49.0 Å². The molecule has 2 aliphatic carbocycles. The van der Waals surface area contributed by atoms with Crippen LogP contribution in [-0.4, -0.2) is 21.0 Å². The summed E-state index contributed by atoms with van der Waals surface area (Å²) in [5, 5.41) is 14.3. The fraction of sp³-hybridized carbons (Fsp3) is 0.786. The molecular formula is C14H22N2O. The number of rotatable bonds is 4. The standard InChI is InChI=1S/C14H22N2O/c1-16-9-11(8-15-16)6-14(17)7-13-5-10-2-3-12(13)4-10/h8-10,12-14,17H,2-7H2,1H3. The third-order valence-electron chi connectivity index (χ3n) is 4.69. The second-order valence-electron chi connectivity index (χ2n) is 6.05. The molecule has 2 bridgehead atoms. The van der Waals surface area contributed by atoms with Crippen molar-refractivity contribution in [2.75, 3.05) is 0 Å². The van der Waals surface area contributed by atoms with Gasteiger partial charge >= 0.3 is 0 Å². The molecule has 0 aliphatic heterocycles. The lowest BCUT2D eigenvalue weighted by molar-refractivity contribution is 0.124. The predicted molar refractivity (Wildman–Crippen MR) is 66.5 cm³/mol. The van der Waals surface area contributed by atoms with E-state index in [1.54, 1.807) is 4.68 Å². The van der Waals surface area contributed by atoms with Crippen molar-refractivity contribution >= 4 is 0 Å². The lowest BCUT2D eigenvalue weighted by atomic mass is 9.84. The summed E-state index contributed by atoms with van der Waals surface area (Å²) in [6, 6.07) is 0. The second kappa shape index (κ2) is 4.45. The largest absolute Gasteiger partial charge is 0.393 e. The van der Waals surface area contributed by atoms with Crippen LogP contribution in [0.4, 0.5) is 0 Å². The second-order valence-corrected chi connectivity index (χ2v) is 6.05. The Morgan fingerprint density at radius 1 is 1.47 bits per heavy atom. The molecule has 0 amide bonds. The van der Waals surface area contributed by atoms with Gasteiger partial charge in [0.15, 0.2) is 0 Å². The van der Waals surface area contributed by atoms with E-state index in [-0.39, 0.29) is 6.10 Å². The van der Waals surface area contributed by atoms with E-state index in [1.165, 1.54) is 25.7 Å². The van der Waals surface area contributed by atoms with Crippen LogP contribution in [0.5, 0.6) is 0 Å². The summed E-state index contributed by atoms with van der Waals surface area (Å²) in [5.74, 6) is 2.69. The molecule has 1 aromatic heterocycles. The van der Waals surface area contributed by atoms with Crippen LogP contribution in [0.25, 0.3) is 0 Å². The van der Waals surface area contributed by atoms with Gasteiger partial charge in [0.05, 0.1) is 12.3 Å². The zero-order valence-corrected chi connectivity index (χ0v) is 10.5. The Labute approximate surface area is 103 Å². The first kappa shape index (κ1) is 11.3. The van der Waals surface area contributed by atoms with E-state index in [0.29, 0.717) is 0 Å². The highest BCUT2D eigenvalue weighted by molar-refractivity contribution is 5.05. The van der Waals surface area contributed by atoms with E-state index < -0.39 is 0 Å². The molecule has 1 N–H and O–H groups in total. The lowest BCUT2D eigenvalue weighted by Crippen LogP contribution is -2.20. The van der Waals surface area contributed by atoms with Crippen LogP contribution in [0.1, 0.15) is 37.7 Å². The zero-order valence-electron chi connectivity index (χ0n) is 10.5. The molecule has 1 aromatic rings. The normalized spacial score (nSPS) is 33.2. The topological polar surface area (TPSA) is 38.0 Å². The maximum absolute atomic E-state index is 10.2. The summed E-state index contributed by atoms with van der Waals surface area (Å²) in [5.41, 5.74) is 1.16. The molecule has 3 nitrogen and oxygen atoms in total. The van der Waals surface area contributed by atoms with Gasteiger partial charge in [-0.2, -0.15) is 5.10 Å². The Bertz CT molecular complexity index is 387. The van der Waals surface area contributed by atoms with Crippen LogP contribution in [0.15, 0.2) is 12.4 Å². The average Bonchev–Trinajstić information content (AvgIpc) is 2.95. The molecule has 94 valence electrons. The average molecular weight is 234 g/mol. The van der Waals surface area contributed by atoms with Crippen LogP contribution < -0.4 is 0 Å². The number of aliphatic hydroxyl groups excluding tert-OH is 1. The fourth-order valence-corrected chi connectivity index (χ4v) is 3.95. The summed E-state index contributed by atoms with van der Waals surface area (Å²) in [6.45, 7) is 0. The molecule has 17 heavy (non-hydrogen) atoms. The van der Waals surface area contributed by atoms with E-state index in [2.05, 4.69) is 5.10 Å². The Morgan fingerprint density at radius 3 is 2.94 bits per heavy atom. The highest BCUT2D eigenvalue weighted by Gasteiger charge is 2.39. The molecule has 2 aliphatic rings. The molecule has 3 heteroatoms. The van der Waals surface area contributed by atoms with Crippen LogP contribution in [0, 0.1) is 17.8 Å². The highest BCUT2D eigenvalue weighted by Crippen LogP contribution is 2.49. The third kappa shape index (κ3) is 2.39. The first-order chi connectivity index (χ1) is 8.20. The van der Waals surface area contributed by atoms with Gasteiger partial charge in [0.2, 0.25) is 0 Å². The highest BCUT2D eigenvalue weighted by atomic mass is 16.3. The smallest absolute Gasteiger partial charge is 0.0584 e. The maximum atomic E-state index is 10.2. The third-order valence-corrected chi connectivity index (χ3v) is 4.69. The van der Waals surface area contributed by atoms with E-state index in [0.717, 1.165) is 36.2 Å². The number of nitrogens with zero attached hydrogens (tertiary/aromatic N) is 2. The van der Waals surface area contributed by atoms with Gasteiger partial charge in [-0.25, -0.2) is 0 Å². The molecule has 2 saturated carbocycles. The van der Waals surface area contributed by atoms with Gasteiger partial charge in [0.25, 0.3) is 0 Å². The molecule has 1 heterocycles. The minimum atomic E-state index is -0.177. The number of fused-ring (bicyclic) bond motifs is 2. The summed E-state index contributed by atoms with van der Waals surface area (Å²) in [6.07, 6.45) is 11.1. The zero-order chi connectivity index (χ0) is 11.8. The molecule has 4 unspecified atom stereocenters. The number of hydrogen-bond donors (Lipinski definition) is 1. The van der Waals surface area contributed by atoms with Gasteiger partial charge in [0.1, 0.15) is 0 Å². The SMILES string of the molecule is Cn1cc(CC(O)CC2CC3CCC2C3)cn1. The van der Waals surface area contributed by atoms with Crippen molar-refractivity contribution in [2.45, 2.75) is 44.6 Å². The van der Waals surface area contributed by atoms with Crippen molar-refractivity contribution in [3.05, 3.63) is 18.0 Å². The van der Waals surface area contributed by atoms with Crippen molar-refractivity contribution in [1.29, 1.82) is 0 Å². The molecule has 0 spiro atoms. The summed E-state index contributed by atoms with van der Waals surface area (Å²) < 4.78 is 1.81. The number of aryl methyl sites for hydroxylation is 1. The van der Waals surface area contributed by atoms with Crippen LogP contribution in [0.2, 0.25) is 0 Å². The first-order valence-corrected chi connectivity index (χ1v) is 6.86. The Hall–Kier alpha value is -0.830. The van der Waals surface area contributed by atoms with Crippen LogP contribution in [0.3, 0.4) is 0 Å². The van der Waals surface area contributed by atoms with Crippen molar-refractivity contribution in [1.82, 2.24) is 9.78 Å². The van der Waals surface area contributed by atoms with Crippen LogP contribution >= 0.6 is 0 Å². The Morgan fingerprint density at radius 2 is 2.35 bits per heavy atom. The van der Waals surface area contributed by atoms with Gasteiger partial charge in [-0.15, -0.1) is 0 Å². The summed E-state index contributed by atoms with van der Waals surface area (Å²) in [4.78, 5) is 0. The van der Waals surface area contributed by atoms with E-state index in [4.69, 9.17) is 0 Å². The molecule has 3 rings (SSSR count). The minimum absolute atomic E-state index is 0.177. The number of aromatic nitrogens is 2. The fourth-order valence-electron chi connectivity index (χ4n) is 3.95. The molecule has 2 fully saturated rings. The quantitative estimate of drug-likeness (QED) is 0.867. The number of hydrogen-bond acceptors (Lipinski definition) is 2. The molecular weight excluding hydrogens is 212 g/mol. The summed E-state index contributed by atoms with van der Waals surface area (Å²) in [7, 11) is 1.92. The maximum Gasteiger partial charge on any atom is 0.0584 e. The Kier molecular flexibility index (Phi) is 2.95. The lowest BCUT2D eigenvalue weighted by Gasteiger charge is -2.23. The Balaban J connectivity index is 1.52. The van der Waals surface area contributed by atoms with Gasteiger partial charge in [-0.1, -0.05) is 6.42 Å². The molecule has 0 radical (unpaired) electrons.